The molecule has 0 spiro atoms. The summed E-state index contributed by atoms with van der Waals surface area (Å²) in [6.45, 7) is 4.14. The van der Waals surface area contributed by atoms with Gasteiger partial charge in [0.25, 0.3) is 0 Å². The van der Waals surface area contributed by atoms with E-state index in [1.165, 1.54) is 0 Å². The average Bonchev–Trinajstić information content (AvgIpc) is 2.36. The number of carboxylic acid groups (broad SMARTS) is 1. The predicted molar refractivity (Wildman–Crippen MR) is 65.7 cm³/mol. The Hall–Kier alpha value is -1.63. The summed E-state index contributed by atoms with van der Waals surface area (Å²) in [4.78, 5) is 10.0. The molecule has 98 valence electrons. The van der Waals surface area contributed by atoms with Gasteiger partial charge in [0.1, 0.15) is 6.04 Å². The summed E-state index contributed by atoms with van der Waals surface area (Å²) in [6, 6.07) is 3.12. The molecule has 6 heteroatoms. The molecule has 0 bridgehead atoms. The van der Waals surface area contributed by atoms with E-state index in [1.54, 1.807) is 0 Å². The van der Waals surface area contributed by atoms with Crippen molar-refractivity contribution in [3.05, 3.63) is 0 Å². The first-order valence-corrected chi connectivity index (χ1v) is 5.43. The van der Waals surface area contributed by atoms with Crippen molar-refractivity contribution in [1.82, 2.24) is 0 Å². The van der Waals surface area contributed by atoms with Crippen LogP contribution >= 0.6 is 0 Å². The molecule has 5 N–H and O–H groups in total. The molecule has 0 unspecified atom stereocenters. The first kappa shape index (κ1) is 20.7. The van der Waals surface area contributed by atoms with Crippen molar-refractivity contribution in [2.24, 2.45) is 11.5 Å². The van der Waals surface area contributed by atoms with E-state index >= 15 is 0 Å². The van der Waals surface area contributed by atoms with Gasteiger partial charge in [-0.05, 0) is 19.4 Å². The molecular formula is C11H22N4O2. The number of hydrogen-bond donors (Lipinski definition) is 3. The van der Waals surface area contributed by atoms with Crippen molar-refractivity contribution < 1.29 is 9.90 Å². The Morgan fingerprint density at radius 2 is 1.65 bits per heavy atom. The lowest BCUT2D eigenvalue weighted by Crippen LogP contribution is -2.30. The molecule has 0 aromatic heterocycles. The Kier molecular flexibility index (Phi) is 24.2. The van der Waals surface area contributed by atoms with Gasteiger partial charge in [-0.15, -0.1) is 0 Å². The Morgan fingerprint density at radius 3 is 1.82 bits per heavy atom. The molecule has 0 saturated carbocycles. The minimum Gasteiger partial charge on any atom is -0.480 e. The molecule has 0 aliphatic heterocycles. The molecule has 0 aromatic carbocycles. The standard InChI is InChI=1S/C5H12N2O2.2C3H5N/c6-3-1-2-4(7)5(8)9;2*1-2-3-4/h4H,1-3,6-7H2,(H,8,9);2*2H2,1H3/t4-;;/m0../s1. The number of nitrogens with two attached hydrogens (primary N) is 2. The molecule has 17 heavy (non-hydrogen) atoms. The molecule has 0 amide bonds. The van der Waals surface area contributed by atoms with Crippen molar-refractivity contribution in [2.45, 2.75) is 45.6 Å². The molecule has 0 heterocycles. The van der Waals surface area contributed by atoms with Crippen LogP contribution in [0.15, 0.2) is 0 Å². The lowest BCUT2D eigenvalue weighted by molar-refractivity contribution is -0.138. The smallest absolute Gasteiger partial charge is 0.320 e. The van der Waals surface area contributed by atoms with E-state index in [4.69, 9.17) is 27.1 Å². The summed E-state index contributed by atoms with van der Waals surface area (Å²) in [5.74, 6) is -0.955. The molecular weight excluding hydrogens is 220 g/mol. The van der Waals surface area contributed by atoms with E-state index in [0.717, 1.165) is 0 Å². The molecule has 0 rings (SSSR count). The minimum absolute atomic E-state index is 0.464. The molecule has 0 saturated heterocycles. The third-order valence-electron chi connectivity index (χ3n) is 1.35. The number of hydrogen-bond acceptors (Lipinski definition) is 5. The fourth-order valence-electron chi connectivity index (χ4n) is 0.461. The first-order valence-electron chi connectivity index (χ1n) is 5.43. The third-order valence-corrected chi connectivity index (χ3v) is 1.35. The van der Waals surface area contributed by atoms with Gasteiger partial charge in [0.15, 0.2) is 0 Å². The van der Waals surface area contributed by atoms with Crippen LogP contribution in [-0.2, 0) is 4.79 Å². The van der Waals surface area contributed by atoms with Gasteiger partial charge in [-0.2, -0.15) is 10.5 Å². The lowest BCUT2D eigenvalue weighted by atomic mass is 10.2. The number of carbonyl (C=O) groups is 1. The Bertz CT molecular complexity index is 229. The molecule has 6 nitrogen and oxygen atoms in total. The summed E-state index contributed by atoms with van der Waals surface area (Å²) in [5.41, 5.74) is 10.3. The van der Waals surface area contributed by atoms with Crippen LogP contribution < -0.4 is 11.5 Å². The fourth-order valence-corrected chi connectivity index (χ4v) is 0.461. The van der Waals surface area contributed by atoms with Crippen LogP contribution in [0.25, 0.3) is 0 Å². The highest BCUT2D eigenvalue weighted by molar-refractivity contribution is 5.72. The topological polar surface area (TPSA) is 137 Å². The normalized spacial score (nSPS) is 9.29. The van der Waals surface area contributed by atoms with Gasteiger partial charge in [-0.25, -0.2) is 0 Å². The van der Waals surface area contributed by atoms with E-state index < -0.39 is 12.0 Å². The van der Waals surface area contributed by atoms with E-state index in [1.807, 2.05) is 26.0 Å². The summed E-state index contributed by atoms with van der Waals surface area (Å²) < 4.78 is 0. The van der Waals surface area contributed by atoms with Gasteiger partial charge in [-0.3, -0.25) is 4.79 Å². The predicted octanol–water partition coefficient (Wildman–Crippen LogP) is 0.977. The van der Waals surface area contributed by atoms with Crippen molar-refractivity contribution in [2.75, 3.05) is 6.54 Å². The van der Waals surface area contributed by atoms with Crippen molar-refractivity contribution in [3.63, 3.8) is 0 Å². The zero-order chi connectivity index (χ0) is 14.1. The Balaban J connectivity index is -0.000000205. The summed E-state index contributed by atoms with van der Waals surface area (Å²) in [6.07, 6.45) is 2.39. The second-order valence-corrected chi connectivity index (χ2v) is 2.90. The second kappa shape index (κ2) is 19.9. The highest BCUT2D eigenvalue weighted by Gasteiger charge is 2.08. The van der Waals surface area contributed by atoms with Crippen LogP contribution in [0.5, 0.6) is 0 Å². The monoisotopic (exact) mass is 242 g/mol. The SMILES string of the molecule is CCC#N.CCC#N.NCCC[C@H](N)C(=O)O. The number of rotatable bonds is 4. The molecule has 0 aliphatic rings. The van der Waals surface area contributed by atoms with E-state index in [-0.39, 0.29) is 0 Å². The highest BCUT2D eigenvalue weighted by Crippen LogP contribution is 1.91. The van der Waals surface area contributed by atoms with E-state index in [2.05, 4.69) is 0 Å². The van der Waals surface area contributed by atoms with Crippen LogP contribution in [0.3, 0.4) is 0 Å². The average molecular weight is 242 g/mol. The molecule has 0 aromatic rings. The maximum atomic E-state index is 10.0. The van der Waals surface area contributed by atoms with Crippen molar-refractivity contribution in [1.29, 1.82) is 10.5 Å². The lowest BCUT2D eigenvalue weighted by Gasteiger charge is -2.02. The fraction of sp³-hybridized carbons (Fsp3) is 0.727. The van der Waals surface area contributed by atoms with Gasteiger partial charge in [0, 0.05) is 12.8 Å². The van der Waals surface area contributed by atoms with Gasteiger partial charge < -0.3 is 16.6 Å². The largest absolute Gasteiger partial charge is 0.480 e. The quantitative estimate of drug-likeness (QED) is 0.671. The van der Waals surface area contributed by atoms with Crippen LogP contribution in [-0.4, -0.2) is 23.7 Å². The van der Waals surface area contributed by atoms with Gasteiger partial charge in [0.05, 0.1) is 12.1 Å². The van der Waals surface area contributed by atoms with Crippen LogP contribution in [0, 0.1) is 22.7 Å². The van der Waals surface area contributed by atoms with Crippen LogP contribution in [0.1, 0.15) is 39.5 Å². The molecule has 1 atom stereocenters. The number of carboxylic acids is 1. The summed E-state index contributed by atoms with van der Waals surface area (Å²) in [7, 11) is 0. The van der Waals surface area contributed by atoms with Gasteiger partial charge >= 0.3 is 5.97 Å². The van der Waals surface area contributed by atoms with Gasteiger partial charge in [0.2, 0.25) is 0 Å². The van der Waals surface area contributed by atoms with E-state index in [0.29, 0.717) is 32.2 Å². The number of nitriles is 2. The Labute approximate surface area is 103 Å². The summed E-state index contributed by atoms with van der Waals surface area (Å²) in [5, 5.41) is 23.5. The van der Waals surface area contributed by atoms with Crippen LogP contribution in [0.4, 0.5) is 0 Å². The van der Waals surface area contributed by atoms with Crippen molar-refractivity contribution >= 4 is 5.97 Å². The highest BCUT2D eigenvalue weighted by atomic mass is 16.4. The van der Waals surface area contributed by atoms with Crippen LogP contribution in [0.2, 0.25) is 0 Å². The zero-order valence-corrected chi connectivity index (χ0v) is 10.5. The zero-order valence-electron chi connectivity index (χ0n) is 10.5. The second-order valence-electron chi connectivity index (χ2n) is 2.90. The minimum atomic E-state index is -0.955. The number of aliphatic carboxylic acids is 1. The van der Waals surface area contributed by atoms with Crippen molar-refractivity contribution in [3.8, 4) is 12.1 Å². The third kappa shape index (κ3) is 31.4. The maximum Gasteiger partial charge on any atom is 0.320 e. The molecule has 0 fully saturated rings. The molecule has 0 radical (unpaired) electrons. The number of nitrogens with zero attached hydrogens (tertiary/aromatic N) is 2. The Morgan fingerprint density at radius 1 is 1.29 bits per heavy atom. The van der Waals surface area contributed by atoms with Gasteiger partial charge in [-0.1, -0.05) is 13.8 Å². The first-order chi connectivity index (χ1) is 8.01. The molecule has 0 aliphatic carbocycles. The van der Waals surface area contributed by atoms with E-state index in [9.17, 15) is 4.79 Å². The summed E-state index contributed by atoms with van der Waals surface area (Å²) >= 11 is 0. The maximum absolute atomic E-state index is 10.0.